The quantitative estimate of drug-likeness (QED) is 0.447. The smallest absolute Gasteiger partial charge is 0.229 e. The predicted octanol–water partition coefficient (Wildman–Crippen LogP) is 6.31. The second kappa shape index (κ2) is 11.3. The van der Waals surface area contributed by atoms with E-state index in [0.717, 1.165) is 53.9 Å². The molecule has 0 atom stereocenters. The summed E-state index contributed by atoms with van der Waals surface area (Å²) in [5, 5.41) is 3.49. The molecule has 7 nitrogen and oxygen atoms in total. The van der Waals surface area contributed by atoms with Gasteiger partial charge < -0.3 is 19.5 Å². The van der Waals surface area contributed by atoms with Crippen LogP contribution in [-0.2, 0) is 6.42 Å². The van der Waals surface area contributed by atoms with Crippen molar-refractivity contribution in [2.75, 3.05) is 36.2 Å². The summed E-state index contributed by atoms with van der Waals surface area (Å²) in [6, 6.07) is 6.11. The lowest BCUT2D eigenvalue weighted by atomic mass is 10.1. The Hall–Kier alpha value is -2.74. The molecule has 0 radical (unpaired) electrons. The number of anilines is 3. The van der Waals surface area contributed by atoms with Crippen LogP contribution in [0.15, 0.2) is 35.6 Å². The van der Waals surface area contributed by atoms with E-state index in [-0.39, 0.29) is 0 Å². The van der Waals surface area contributed by atoms with Gasteiger partial charge >= 0.3 is 0 Å². The number of nitrogens with one attached hydrogen (secondary N) is 1. The van der Waals surface area contributed by atoms with Crippen LogP contribution < -0.4 is 15.0 Å². The van der Waals surface area contributed by atoms with Crippen LogP contribution in [0.5, 0.6) is 5.75 Å². The van der Waals surface area contributed by atoms with Crippen LogP contribution in [0.1, 0.15) is 62.8 Å². The normalized spacial score (nSPS) is 17.0. The number of piperidine rings is 1. The van der Waals surface area contributed by atoms with Crippen molar-refractivity contribution in [3.8, 4) is 11.4 Å². The van der Waals surface area contributed by atoms with E-state index in [0.29, 0.717) is 5.95 Å². The van der Waals surface area contributed by atoms with Crippen molar-refractivity contribution < 1.29 is 4.74 Å². The molecule has 1 N–H and O–H groups in total. The lowest BCUT2D eigenvalue weighted by molar-refractivity contribution is 0.413. The average molecular weight is 493 g/mol. The van der Waals surface area contributed by atoms with Gasteiger partial charge in [0.2, 0.25) is 5.95 Å². The Morgan fingerprint density at radius 2 is 1.77 bits per heavy atom. The van der Waals surface area contributed by atoms with E-state index in [1.54, 1.807) is 7.11 Å². The fraction of sp³-hybridized carbons (Fsp3) is 0.519. The first kappa shape index (κ1) is 24.0. The van der Waals surface area contributed by atoms with Crippen LogP contribution >= 0.6 is 11.8 Å². The molecule has 1 saturated heterocycles. The number of aromatic nitrogens is 4. The van der Waals surface area contributed by atoms with Crippen LogP contribution in [0, 0.1) is 6.92 Å². The van der Waals surface area contributed by atoms with Gasteiger partial charge in [0, 0.05) is 31.0 Å². The number of imidazole rings is 1. The van der Waals surface area contributed by atoms with Crippen molar-refractivity contribution in [2.24, 2.45) is 0 Å². The zero-order valence-electron chi connectivity index (χ0n) is 20.9. The van der Waals surface area contributed by atoms with Gasteiger partial charge in [-0.3, -0.25) is 0 Å². The van der Waals surface area contributed by atoms with E-state index >= 15 is 0 Å². The summed E-state index contributed by atoms with van der Waals surface area (Å²) in [6.45, 7) is 4.14. The molecular formula is C27H36N6OS. The number of ether oxygens (including phenoxy) is 1. The predicted molar refractivity (Wildman–Crippen MR) is 144 cm³/mol. The Balaban J connectivity index is 1.48. The second-order valence-corrected chi connectivity index (χ2v) is 10.6. The molecule has 2 aliphatic rings. The molecule has 0 amide bonds. The number of hydrogen-bond acceptors (Lipinski definition) is 7. The van der Waals surface area contributed by atoms with Crippen LogP contribution in [0.3, 0.4) is 0 Å². The zero-order chi connectivity index (χ0) is 24.0. The lowest BCUT2D eigenvalue weighted by Gasteiger charge is -2.30. The summed E-state index contributed by atoms with van der Waals surface area (Å²) in [5.41, 5.74) is 4.04. The van der Waals surface area contributed by atoms with Gasteiger partial charge in [-0.2, -0.15) is 4.98 Å². The van der Waals surface area contributed by atoms with Gasteiger partial charge in [0.05, 0.1) is 35.4 Å². The third kappa shape index (κ3) is 5.74. The summed E-state index contributed by atoms with van der Waals surface area (Å²) < 4.78 is 7.70. The molecule has 3 aromatic rings. The number of nitrogens with zero attached hydrogens (tertiary/aromatic N) is 5. The standard InChI is InChI=1S/C27H36N6OS/c1-20-18-33(19-28-20)23-13-12-21(17-24(23)34-2)29-27-30-22-11-7-4-3-5-10-16-35-25(22)26(31-27)32-14-8-6-9-15-32/h12-13,17-19H,3-11,14-16H2,1-2H3,(H,29,30,31). The largest absolute Gasteiger partial charge is 0.494 e. The number of aryl methyl sites for hydroxylation is 2. The van der Waals surface area contributed by atoms with Crippen molar-refractivity contribution in [3.63, 3.8) is 0 Å². The van der Waals surface area contributed by atoms with Gasteiger partial charge in [0.1, 0.15) is 11.6 Å². The Kier molecular flexibility index (Phi) is 7.76. The maximum Gasteiger partial charge on any atom is 0.229 e. The van der Waals surface area contributed by atoms with Gasteiger partial charge in [-0.25, -0.2) is 9.97 Å². The van der Waals surface area contributed by atoms with Gasteiger partial charge in [-0.05, 0) is 63.3 Å². The van der Waals surface area contributed by atoms with Crippen molar-refractivity contribution >= 4 is 29.2 Å². The van der Waals surface area contributed by atoms with Gasteiger partial charge in [-0.1, -0.05) is 19.3 Å². The van der Waals surface area contributed by atoms with E-state index in [9.17, 15) is 0 Å². The highest BCUT2D eigenvalue weighted by Crippen LogP contribution is 2.37. The Morgan fingerprint density at radius 3 is 2.57 bits per heavy atom. The monoisotopic (exact) mass is 492 g/mol. The van der Waals surface area contributed by atoms with Gasteiger partial charge in [0.15, 0.2) is 0 Å². The molecule has 0 spiro atoms. The molecule has 35 heavy (non-hydrogen) atoms. The number of rotatable bonds is 5. The van der Waals surface area contributed by atoms with E-state index in [4.69, 9.17) is 14.7 Å². The maximum atomic E-state index is 5.71. The van der Waals surface area contributed by atoms with Crippen molar-refractivity contribution in [1.29, 1.82) is 0 Å². The third-order valence-electron chi connectivity index (χ3n) is 6.80. The second-order valence-electron chi connectivity index (χ2n) is 9.49. The molecule has 4 heterocycles. The first-order chi connectivity index (χ1) is 17.2. The number of hydrogen-bond donors (Lipinski definition) is 1. The van der Waals surface area contributed by atoms with Crippen molar-refractivity contribution in [1.82, 2.24) is 19.5 Å². The first-order valence-corrected chi connectivity index (χ1v) is 13.9. The Labute approximate surface area is 212 Å². The minimum absolute atomic E-state index is 0.676. The molecular weight excluding hydrogens is 456 g/mol. The number of thioether (sulfide) groups is 1. The number of methoxy groups -OCH3 is 1. The Morgan fingerprint density at radius 1 is 0.971 bits per heavy atom. The fourth-order valence-corrected chi connectivity index (χ4v) is 6.10. The highest BCUT2D eigenvalue weighted by atomic mass is 32.2. The molecule has 2 aliphatic heterocycles. The molecule has 0 saturated carbocycles. The van der Waals surface area contributed by atoms with E-state index in [1.807, 2.05) is 47.9 Å². The first-order valence-electron chi connectivity index (χ1n) is 13.0. The van der Waals surface area contributed by atoms with E-state index in [1.165, 1.54) is 62.0 Å². The highest BCUT2D eigenvalue weighted by Gasteiger charge is 2.22. The molecule has 2 aromatic heterocycles. The summed E-state index contributed by atoms with van der Waals surface area (Å²) in [4.78, 5) is 18.3. The maximum absolute atomic E-state index is 5.71. The Bertz CT molecular complexity index is 1140. The van der Waals surface area contributed by atoms with Crippen molar-refractivity contribution in [2.45, 2.75) is 69.6 Å². The summed E-state index contributed by atoms with van der Waals surface area (Å²) in [5.74, 6) is 3.73. The molecule has 0 aliphatic carbocycles. The van der Waals surface area contributed by atoms with E-state index in [2.05, 4.69) is 21.3 Å². The topological polar surface area (TPSA) is 68.1 Å². The third-order valence-corrected chi connectivity index (χ3v) is 8.00. The molecule has 0 unspecified atom stereocenters. The lowest BCUT2D eigenvalue weighted by Crippen LogP contribution is -2.31. The molecule has 8 heteroatoms. The molecule has 5 rings (SSSR count). The van der Waals surface area contributed by atoms with Crippen molar-refractivity contribution in [3.05, 3.63) is 42.1 Å². The van der Waals surface area contributed by atoms with E-state index < -0.39 is 0 Å². The highest BCUT2D eigenvalue weighted by molar-refractivity contribution is 7.99. The molecule has 1 aromatic carbocycles. The summed E-state index contributed by atoms with van der Waals surface area (Å²) in [7, 11) is 1.70. The molecule has 1 fully saturated rings. The molecule has 0 bridgehead atoms. The SMILES string of the molecule is COc1cc(Nc2nc3c(c(N4CCCCC4)n2)SCCCCCCC3)ccc1-n1cnc(C)c1. The summed E-state index contributed by atoms with van der Waals surface area (Å²) in [6.07, 6.45) is 15.0. The van der Waals surface area contributed by atoms with Crippen LogP contribution in [0.4, 0.5) is 17.5 Å². The van der Waals surface area contributed by atoms with Gasteiger partial charge in [0.25, 0.3) is 0 Å². The minimum atomic E-state index is 0.676. The number of benzene rings is 1. The summed E-state index contributed by atoms with van der Waals surface area (Å²) >= 11 is 1.97. The average Bonchev–Trinajstić information content (AvgIpc) is 3.33. The van der Waals surface area contributed by atoms with Gasteiger partial charge in [-0.15, -0.1) is 11.8 Å². The minimum Gasteiger partial charge on any atom is -0.494 e. The zero-order valence-corrected chi connectivity index (χ0v) is 21.7. The fourth-order valence-electron chi connectivity index (χ4n) is 4.93. The van der Waals surface area contributed by atoms with Crippen LogP contribution in [0.2, 0.25) is 0 Å². The molecule has 186 valence electrons. The van der Waals surface area contributed by atoms with Crippen LogP contribution in [0.25, 0.3) is 5.69 Å². The van der Waals surface area contributed by atoms with Crippen LogP contribution in [-0.4, -0.2) is 45.5 Å². The number of fused-ring (bicyclic) bond motifs is 1.